The minimum Gasteiger partial charge on any atom is -0.278 e. The van der Waals surface area contributed by atoms with Gasteiger partial charge in [-0.15, -0.1) is 0 Å². The Kier molecular flexibility index (Phi) is 5.14. The van der Waals surface area contributed by atoms with E-state index < -0.39 is 15.8 Å². The molecule has 2 aliphatic rings. The normalized spacial score (nSPS) is 22.3. The van der Waals surface area contributed by atoms with Crippen LogP contribution < -0.4 is 5.01 Å². The molecule has 4 nitrogen and oxygen atoms in total. The first-order chi connectivity index (χ1) is 12.1. The second-order valence-electron chi connectivity index (χ2n) is 7.59. The number of allylic oxidation sites excluding steroid dienone is 1. The van der Waals surface area contributed by atoms with Crippen LogP contribution in [-0.2, 0) is 9.84 Å². The van der Waals surface area contributed by atoms with Crippen molar-refractivity contribution in [2.24, 2.45) is 5.92 Å². The molecule has 0 saturated heterocycles. The number of sulfone groups is 1. The van der Waals surface area contributed by atoms with Crippen molar-refractivity contribution in [1.29, 1.82) is 0 Å². The molecule has 0 spiro atoms. The molecule has 1 aliphatic heterocycles. The molecule has 0 aromatic heterocycles. The first kappa shape index (κ1) is 19.3. The average molecular weight is 384 g/mol. The Bertz CT molecular complexity index is 811. The lowest BCUT2D eigenvalue weighted by atomic mass is 9.86. The molecule has 1 saturated carbocycles. The standard InChI is InChI=1S/C19H26F2N2O2S/c1-14-12-22(13-16-7-9-19(20,21)10-8-16)23(15(14)2)17-5-4-6-18(11-17)26(3,24)25/h4-6,11,16H,7-10,12-13H2,1-3H3. The number of benzene rings is 1. The van der Waals surface area contributed by atoms with Crippen LogP contribution in [0.5, 0.6) is 0 Å². The summed E-state index contributed by atoms with van der Waals surface area (Å²) in [6.45, 7) is 5.50. The monoisotopic (exact) mass is 384 g/mol. The molecule has 0 radical (unpaired) electrons. The highest BCUT2D eigenvalue weighted by Gasteiger charge is 2.37. The van der Waals surface area contributed by atoms with Crippen molar-refractivity contribution in [3.8, 4) is 0 Å². The van der Waals surface area contributed by atoms with Crippen LogP contribution in [0.3, 0.4) is 0 Å². The summed E-state index contributed by atoms with van der Waals surface area (Å²) >= 11 is 0. The summed E-state index contributed by atoms with van der Waals surface area (Å²) in [6.07, 6.45) is 2.17. The molecule has 0 amide bonds. The Balaban J connectivity index is 1.82. The van der Waals surface area contributed by atoms with Crippen LogP contribution in [-0.4, -0.2) is 38.7 Å². The Morgan fingerprint density at radius 2 is 1.85 bits per heavy atom. The van der Waals surface area contributed by atoms with Gasteiger partial charge in [-0.25, -0.2) is 22.2 Å². The van der Waals surface area contributed by atoms with Crippen molar-refractivity contribution in [3.05, 3.63) is 35.5 Å². The van der Waals surface area contributed by atoms with Crippen molar-refractivity contribution in [3.63, 3.8) is 0 Å². The molecular weight excluding hydrogens is 358 g/mol. The molecule has 0 bridgehead atoms. The highest BCUT2D eigenvalue weighted by Crippen LogP contribution is 2.38. The average Bonchev–Trinajstić information content (AvgIpc) is 2.83. The van der Waals surface area contributed by atoms with E-state index in [1.807, 2.05) is 18.0 Å². The number of hydrogen-bond acceptors (Lipinski definition) is 4. The van der Waals surface area contributed by atoms with Gasteiger partial charge < -0.3 is 0 Å². The van der Waals surface area contributed by atoms with Gasteiger partial charge in [0.1, 0.15) is 0 Å². The van der Waals surface area contributed by atoms with E-state index >= 15 is 0 Å². The summed E-state index contributed by atoms with van der Waals surface area (Å²) in [5.41, 5.74) is 3.07. The quantitative estimate of drug-likeness (QED) is 0.778. The molecule has 0 N–H and O–H groups in total. The SMILES string of the molecule is CC1=C(C)N(c2cccc(S(C)(=O)=O)c2)N(CC2CCC(F)(F)CC2)C1. The third-order valence-corrected chi connectivity index (χ3v) is 6.54. The second kappa shape index (κ2) is 6.93. The van der Waals surface area contributed by atoms with Gasteiger partial charge in [0, 0.05) is 37.9 Å². The zero-order valence-corrected chi connectivity index (χ0v) is 16.3. The van der Waals surface area contributed by atoms with Gasteiger partial charge in [-0.3, -0.25) is 5.01 Å². The van der Waals surface area contributed by atoms with Gasteiger partial charge in [0.25, 0.3) is 0 Å². The van der Waals surface area contributed by atoms with E-state index in [1.165, 1.54) is 11.8 Å². The van der Waals surface area contributed by atoms with Crippen molar-refractivity contribution >= 4 is 15.5 Å². The molecule has 3 rings (SSSR count). The van der Waals surface area contributed by atoms with Crippen molar-refractivity contribution in [1.82, 2.24) is 5.01 Å². The largest absolute Gasteiger partial charge is 0.278 e. The van der Waals surface area contributed by atoms with Crippen LogP contribution in [0.2, 0.25) is 0 Å². The van der Waals surface area contributed by atoms with E-state index in [9.17, 15) is 17.2 Å². The summed E-state index contributed by atoms with van der Waals surface area (Å²) < 4.78 is 50.6. The fourth-order valence-electron chi connectivity index (χ4n) is 3.78. The molecule has 1 heterocycles. The van der Waals surface area contributed by atoms with Gasteiger partial charge in [-0.05, 0) is 56.4 Å². The van der Waals surface area contributed by atoms with E-state index in [0.717, 1.165) is 17.9 Å². The molecule has 0 unspecified atom stereocenters. The Morgan fingerprint density at radius 3 is 2.46 bits per heavy atom. The van der Waals surface area contributed by atoms with Gasteiger partial charge in [-0.2, -0.15) is 0 Å². The van der Waals surface area contributed by atoms with Gasteiger partial charge in [0.05, 0.1) is 10.6 Å². The van der Waals surface area contributed by atoms with Crippen molar-refractivity contribution in [2.45, 2.75) is 50.3 Å². The van der Waals surface area contributed by atoms with Crippen molar-refractivity contribution in [2.75, 3.05) is 24.4 Å². The van der Waals surface area contributed by atoms with Crippen LogP contribution in [0.15, 0.2) is 40.4 Å². The summed E-state index contributed by atoms with van der Waals surface area (Å²) in [5.74, 6) is -2.29. The van der Waals surface area contributed by atoms with E-state index in [4.69, 9.17) is 0 Å². The number of halogens is 2. The predicted octanol–water partition coefficient (Wildman–Crippen LogP) is 4.25. The minimum absolute atomic E-state index is 0.0412. The first-order valence-corrected chi connectivity index (χ1v) is 10.9. The number of rotatable bonds is 4. The van der Waals surface area contributed by atoms with Crippen LogP contribution in [0.1, 0.15) is 39.5 Å². The Hall–Kier alpha value is -1.47. The maximum atomic E-state index is 13.4. The van der Waals surface area contributed by atoms with E-state index in [1.54, 1.807) is 18.2 Å². The number of nitrogens with zero attached hydrogens (tertiary/aromatic N) is 2. The molecule has 1 aromatic rings. The zero-order chi connectivity index (χ0) is 19.1. The molecule has 26 heavy (non-hydrogen) atoms. The van der Waals surface area contributed by atoms with Gasteiger partial charge in [-0.1, -0.05) is 6.07 Å². The number of hydrazine groups is 1. The molecule has 1 aliphatic carbocycles. The number of anilines is 1. The maximum absolute atomic E-state index is 13.4. The fourth-order valence-corrected chi connectivity index (χ4v) is 4.44. The summed E-state index contributed by atoms with van der Waals surface area (Å²) in [5, 5.41) is 4.19. The molecule has 1 aromatic carbocycles. The highest BCUT2D eigenvalue weighted by atomic mass is 32.2. The van der Waals surface area contributed by atoms with Crippen LogP contribution in [0.25, 0.3) is 0 Å². The predicted molar refractivity (Wildman–Crippen MR) is 98.9 cm³/mol. The lowest BCUT2D eigenvalue weighted by Gasteiger charge is -2.36. The van der Waals surface area contributed by atoms with Crippen molar-refractivity contribution < 1.29 is 17.2 Å². The molecule has 1 fully saturated rings. The van der Waals surface area contributed by atoms with E-state index in [-0.39, 0.29) is 23.7 Å². The first-order valence-electron chi connectivity index (χ1n) is 8.96. The smallest absolute Gasteiger partial charge is 0.248 e. The lowest BCUT2D eigenvalue weighted by Crippen LogP contribution is -2.42. The Labute approximate surface area is 154 Å². The molecule has 144 valence electrons. The van der Waals surface area contributed by atoms with Gasteiger partial charge in [0.2, 0.25) is 5.92 Å². The van der Waals surface area contributed by atoms with Crippen LogP contribution >= 0.6 is 0 Å². The van der Waals surface area contributed by atoms with Crippen LogP contribution in [0, 0.1) is 5.92 Å². The maximum Gasteiger partial charge on any atom is 0.248 e. The fraction of sp³-hybridized carbons (Fsp3) is 0.579. The summed E-state index contributed by atoms with van der Waals surface area (Å²) in [7, 11) is -3.29. The lowest BCUT2D eigenvalue weighted by molar-refractivity contribution is -0.0485. The topological polar surface area (TPSA) is 40.6 Å². The molecular formula is C19H26F2N2O2S. The second-order valence-corrected chi connectivity index (χ2v) is 9.61. The highest BCUT2D eigenvalue weighted by molar-refractivity contribution is 7.90. The van der Waals surface area contributed by atoms with E-state index in [0.29, 0.717) is 19.4 Å². The van der Waals surface area contributed by atoms with Crippen LogP contribution in [0.4, 0.5) is 14.5 Å². The van der Waals surface area contributed by atoms with Gasteiger partial charge in [0.15, 0.2) is 9.84 Å². The minimum atomic E-state index is -3.29. The third-order valence-electron chi connectivity index (χ3n) is 5.43. The summed E-state index contributed by atoms with van der Waals surface area (Å²) in [4.78, 5) is 0.282. The molecule has 0 atom stereocenters. The van der Waals surface area contributed by atoms with Gasteiger partial charge >= 0.3 is 0 Å². The zero-order valence-electron chi connectivity index (χ0n) is 15.5. The van der Waals surface area contributed by atoms with E-state index in [2.05, 4.69) is 11.9 Å². The Morgan fingerprint density at radius 1 is 1.19 bits per heavy atom. The number of hydrogen-bond donors (Lipinski definition) is 0. The number of alkyl halides is 2. The summed E-state index contributed by atoms with van der Waals surface area (Å²) in [6, 6.07) is 6.90. The molecule has 7 heteroatoms. The third kappa shape index (κ3) is 4.09.